The van der Waals surface area contributed by atoms with Gasteiger partial charge in [-0.1, -0.05) is 26.8 Å². The van der Waals surface area contributed by atoms with Crippen molar-refractivity contribution < 1.29 is 4.74 Å². The number of aromatic nitrogens is 1. The van der Waals surface area contributed by atoms with Crippen LogP contribution in [0.5, 0.6) is 0 Å². The molecule has 0 aromatic carbocycles. The molecule has 0 radical (unpaired) electrons. The van der Waals surface area contributed by atoms with Crippen LogP contribution in [0.15, 0.2) is 12.1 Å². The van der Waals surface area contributed by atoms with Crippen LogP contribution in [0.25, 0.3) is 0 Å². The number of hydrogen-bond donors (Lipinski definition) is 0. The molecule has 0 unspecified atom stereocenters. The highest BCUT2D eigenvalue weighted by molar-refractivity contribution is 5.24. The predicted octanol–water partition coefficient (Wildman–Crippen LogP) is 2.81. The maximum atomic E-state index is 5.34. The van der Waals surface area contributed by atoms with Crippen LogP contribution in [0.1, 0.15) is 37.7 Å². The topological polar surface area (TPSA) is 25.4 Å². The summed E-state index contributed by atoms with van der Waals surface area (Å²) in [7, 11) is 0. The Kier molecular flexibility index (Phi) is 3.38. The van der Waals surface area contributed by atoms with Gasteiger partial charge in [-0.2, -0.15) is 0 Å². The number of hydrogen-bond acceptors (Lipinski definition) is 3. The van der Waals surface area contributed by atoms with Crippen LogP contribution in [0.4, 0.5) is 0 Å². The van der Waals surface area contributed by atoms with Gasteiger partial charge in [0.2, 0.25) is 0 Å². The first-order valence-corrected chi connectivity index (χ1v) is 7.61. The molecule has 2 saturated heterocycles. The van der Waals surface area contributed by atoms with Crippen molar-refractivity contribution in [2.75, 3.05) is 26.3 Å². The van der Waals surface area contributed by atoms with Crippen molar-refractivity contribution in [3.63, 3.8) is 0 Å². The van der Waals surface area contributed by atoms with Crippen molar-refractivity contribution >= 4 is 0 Å². The molecule has 20 heavy (non-hydrogen) atoms. The second-order valence-corrected chi connectivity index (χ2v) is 7.93. The summed E-state index contributed by atoms with van der Waals surface area (Å²) in [6.07, 6.45) is 1.05. The van der Waals surface area contributed by atoms with Gasteiger partial charge in [0, 0.05) is 36.4 Å². The van der Waals surface area contributed by atoms with Gasteiger partial charge in [-0.3, -0.25) is 9.88 Å². The largest absolute Gasteiger partial charge is 0.380 e. The lowest BCUT2D eigenvalue weighted by atomic mass is 9.77. The predicted molar refractivity (Wildman–Crippen MR) is 80.7 cm³/mol. The summed E-state index contributed by atoms with van der Waals surface area (Å²) in [4.78, 5) is 7.32. The highest BCUT2D eigenvalue weighted by atomic mass is 16.5. The van der Waals surface area contributed by atoms with Crippen molar-refractivity contribution in [2.45, 2.75) is 40.7 Å². The van der Waals surface area contributed by atoms with Crippen LogP contribution in [0.3, 0.4) is 0 Å². The molecule has 0 aliphatic carbocycles. The zero-order valence-corrected chi connectivity index (χ0v) is 13.2. The molecule has 1 aromatic rings. The van der Waals surface area contributed by atoms with Gasteiger partial charge in [-0.05, 0) is 30.4 Å². The number of likely N-dealkylation sites (tertiary alicyclic amines) is 1. The van der Waals surface area contributed by atoms with E-state index < -0.39 is 0 Å². The van der Waals surface area contributed by atoms with Crippen molar-refractivity contribution in [3.05, 3.63) is 29.1 Å². The highest BCUT2D eigenvalue weighted by Gasteiger charge is 2.48. The molecule has 1 aromatic heterocycles. The molecule has 3 rings (SSSR count). The molecular weight excluding hydrogens is 248 g/mol. The molecule has 1 spiro atoms. The van der Waals surface area contributed by atoms with Gasteiger partial charge in [0.1, 0.15) is 0 Å². The summed E-state index contributed by atoms with van der Waals surface area (Å²) in [6.45, 7) is 14.3. The third-order valence-corrected chi connectivity index (χ3v) is 4.23. The van der Waals surface area contributed by atoms with Crippen LogP contribution in [-0.4, -0.2) is 36.2 Å². The average Bonchev–Trinajstić information content (AvgIpc) is 2.20. The molecule has 110 valence electrons. The smallest absolute Gasteiger partial charge is 0.0569 e. The number of pyridine rings is 1. The van der Waals surface area contributed by atoms with E-state index in [-0.39, 0.29) is 5.41 Å². The molecular formula is C17H26N2O. The van der Waals surface area contributed by atoms with Gasteiger partial charge < -0.3 is 4.74 Å². The fourth-order valence-corrected chi connectivity index (χ4v) is 3.27. The zero-order chi connectivity index (χ0) is 14.4. The molecule has 0 amide bonds. The lowest BCUT2D eigenvalue weighted by molar-refractivity contribution is -0.191. The maximum absolute atomic E-state index is 5.34. The molecule has 3 heteroatoms. The van der Waals surface area contributed by atoms with Crippen LogP contribution < -0.4 is 0 Å². The molecule has 0 saturated carbocycles. The fourth-order valence-electron chi connectivity index (χ4n) is 3.27. The van der Waals surface area contributed by atoms with E-state index in [1.165, 1.54) is 24.3 Å². The van der Waals surface area contributed by atoms with Crippen molar-refractivity contribution in [1.82, 2.24) is 9.88 Å². The monoisotopic (exact) mass is 274 g/mol. The van der Waals surface area contributed by atoms with Gasteiger partial charge in [0.15, 0.2) is 0 Å². The average molecular weight is 274 g/mol. The first-order valence-electron chi connectivity index (χ1n) is 7.61. The molecule has 0 atom stereocenters. The minimum atomic E-state index is 0.285. The Morgan fingerprint density at radius 2 is 1.95 bits per heavy atom. The van der Waals surface area contributed by atoms with Crippen LogP contribution >= 0.6 is 0 Å². The van der Waals surface area contributed by atoms with Gasteiger partial charge in [-0.15, -0.1) is 0 Å². The Hall–Kier alpha value is -0.930. The molecule has 2 aliphatic rings. The van der Waals surface area contributed by atoms with E-state index in [4.69, 9.17) is 9.72 Å². The van der Waals surface area contributed by atoms with E-state index in [1.807, 2.05) is 0 Å². The first kappa shape index (κ1) is 14.0. The SMILES string of the molecule is Cc1ccc(CN2CC3(COC3)C2)c(CC(C)(C)C)n1. The Morgan fingerprint density at radius 1 is 1.25 bits per heavy atom. The molecule has 0 bridgehead atoms. The van der Waals surface area contributed by atoms with Crippen molar-refractivity contribution in [2.24, 2.45) is 10.8 Å². The van der Waals surface area contributed by atoms with Crippen LogP contribution in [0.2, 0.25) is 0 Å². The quantitative estimate of drug-likeness (QED) is 0.847. The van der Waals surface area contributed by atoms with E-state index in [1.54, 1.807) is 0 Å². The Labute approximate surface area is 122 Å². The lowest BCUT2D eigenvalue weighted by Gasteiger charge is -2.55. The summed E-state index contributed by atoms with van der Waals surface area (Å²) in [5.74, 6) is 0. The van der Waals surface area contributed by atoms with Crippen LogP contribution in [-0.2, 0) is 17.7 Å². The standard InChI is InChI=1S/C17H26N2O/c1-13-5-6-14(15(18-13)7-16(2,3)4)8-19-9-17(10-19)11-20-12-17/h5-6H,7-12H2,1-4H3. The third-order valence-electron chi connectivity index (χ3n) is 4.23. The molecule has 2 aliphatic heterocycles. The van der Waals surface area contributed by atoms with Crippen LogP contribution in [0, 0.1) is 17.8 Å². The second-order valence-electron chi connectivity index (χ2n) is 7.93. The normalized spacial score (nSPS) is 21.6. The summed E-state index contributed by atoms with van der Waals surface area (Å²) in [5, 5.41) is 0. The Bertz CT molecular complexity index is 492. The van der Waals surface area contributed by atoms with E-state index in [0.29, 0.717) is 5.41 Å². The van der Waals surface area contributed by atoms with Gasteiger partial charge in [0.25, 0.3) is 0 Å². The van der Waals surface area contributed by atoms with Crippen molar-refractivity contribution in [3.8, 4) is 0 Å². The van der Waals surface area contributed by atoms with E-state index in [2.05, 4.69) is 44.7 Å². The summed E-state index contributed by atoms with van der Waals surface area (Å²) in [6, 6.07) is 4.41. The number of nitrogens with zero attached hydrogens (tertiary/aromatic N) is 2. The van der Waals surface area contributed by atoms with Gasteiger partial charge >= 0.3 is 0 Å². The summed E-state index contributed by atoms with van der Waals surface area (Å²) in [5.41, 5.74) is 4.60. The maximum Gasteiger partial charge on any atom is 0.0569 e. The Balaban J connectivity index is 1.69. The Morgan fingerprint density at radius 3 is 2.50 bits per heavy atom. The zero-order valence-electron chi connectivity index (χ0n) is 13.2. The van der Waals surface area contributed by atoms with E-state index in [0.717, 1.165) is 31.9 Å². The highest BCUT2D eigenvalue weighted by Crippen LogP contribution is 2.38. The fraction of sp³-hybridized carbons (Fsp3) is 0.706. The summed E-state index contributed by atoms with van der Waals surface area (Å²) >= 11 is 0. The number of ether oxygens (including phenoxy) is 1. The molecule has 3 heterocycles. The molecule has 3 nitrogen and oxygen atoms in total. The molecule has 2 fully saturated rings. The lowest BCUT2D eigenvalue weighted by Crippen LogP contribution is -2.65. The minimum Gasteiger partial charge on any atom is -0.380 e. The van der Waals surface area contributed by atoms with Gasteiger partial charge in [0.05, 0.1) is 13.2 Å². The summed E-state index contributed by atoms with van der Waals surface area (Å²) < 4.78 is 5.34. The molecule has 0 N–H and O–H groups in total. The third kappa shape index (κ3) is 2.89. The number of rotatable bonds is 3. The van der Waals surface area contributed by atoms with E-state index in [9.17, 15) is 0 Å². The van der Waals surface area contributed by atoms with E-state index >= 15 is 0 Å². The second kappa shape index (κ2) is 4.81. The van der Waals surface area contributed by atoms with Crippen molar-refractivity contribution in [1.29, 1.82) is 0 Å². The van der Waals surface area contributed by atoms with Gasteiger partial charge in [-0.25, -0.2) is 0 Å². The minimum absolute atomic E-state index is 0.285. The number of aryl methyl sites for hydroxylation is 1. The first-order chi connectivity index (χ1) is 9.35.